The van der Waals surface area contributed by atoms with Gasteiger partial charge in [0.15, 0.2) is 0 Å². The van der Waals surface area contributed by atoms with E-state index in [4.69, 9.17) is 14.2 Å². The first-order valence-electron chi connectivity index (χ1n) is 11.2. The van der Waals surface area contributed by atoms with Gasteiger partial charge in [-0.05, 0) is 49.3 Å². The average molecular weight is 441 g/mol. The van der Waals surface area contributed by atoms with E-state index in [0.717, 1.165) is 37.4 Å². The fourth-order valence-electron chi connectivity index (χ4n) is 3.88. The molecule has 8 heteroatoms. The summed E-state index contributed by atoms with van der Waals surface area (Å²) in [6.45, 7) is 3.83. The molecule has 8 nitrogen and oxygen atoms in total. The number of amides is 2. The van der Waals surface area contributed by atoms with Gasteiger partial charge in [0.2, 0.25) is 5.88 Å². The summed E-state index contributed by atoms with van der Waals surface area (Å²) in [5, 5.41) is 5.62. The third kappa shape index (κ3) is 6.26. The number of carbonyl (C=O) groups is 1. The van der Waals surface area contributed by atoms with Crippen LogP contribution in [0.25, 0.3) is 0 Å². The van der Waals surface area contributed by atoms with Crippen LogP contribution in [0.4, 0.5) is 10.5 Å². The molecule has 2 amide bonds. The van der Waals surface area contributed by atoms with E-state index in [0.29, 0.717) is 29.6 Å². The molecule has 1 saturated heterocycles. The van der Waals surface area contributed by atoms with Crippen molar-refractivity contribution < 1.29 is 19.0 Å². The van der Waals surface area contributed by atoms with Gasteiger partial charge in [0.25, 0.3) is 0 Å². The van der Waals surface area contributed by atoms with Crippen LogP contribution in [0, 0.1) is 5.92 Å². The van der Waals surface area contributed by atoms with Gasteiger partial charge in [0, 0.05) is 44.5 Å². The van der Waals surface area contributed by atoms with Gasteiger partial charge in [-0.2, -0.15) is 0 Å². The van der Waals surface area contributed by atoms with Crippen LogP contribution in [-0.2, 0) is 6.54 Å². The van der Waals surface area contributed by atoms with E-state index < -0.39 is 0 Å². The Hall–Kier alpha value is -3.00. The number of anilines is 1. The van der Waals surface area contributed by atoms with Crippen LogP contribution in [0.15, 0.2) is 36.5 Å². The third-order valence-corrected chi connectivity index (χ3v) is 5.94. The van der Waals surface area contributed by atoms with E-state index in [9.17, 15) is 4.79 Å². The van der Waals surface area contributed by atoms with Gasteiger partial charge >= 0.3 is 6.03 Å². The monoisotopic (exact) mass is 440 g/mol. The zero-order valence-electron chi connectivity index (χ0n) is 18.8. The maximum Gasteiger partial charge on any atom is 0.319 e. The predicted octanol–water partition coefficient (Wildman–Crippen LogP) is 3.67. The second-order valence-electron chi connectivity index (χ2n) is 8.44. The van der Waals surface area contributed by atoms with Crippen molar-refractivity contribution in [1.82, 2.24) is 15.2 Å². The highest BCUT2D eigenvalue weighted by atomic mass is 16.5. The van der Waals surface area contributed by atoms with Crippen molar-refractivity contribution in [2.24, 2.45) is 5.92 Å². The first-order valence-corrected chi connectivity index (χ1v) is 11.2. The van der Waals surface area contributed by atoms with Crippen molar-refractivity contribution in [1.29, 1.82) is 0 Å². The van der Waals surface area contributed by atoms with E-state index in [1.165, 1.54) is 19.4 Å². The number of nitrogens with one attached hydrogen (secondary N) is 2. The molecule has 2 fully saturated rings. The van der Waals surface area contributed by atoms with Crippen molar-refractivity contribution in [2.75, 3.05) is 39.2 Å². The Labute approximate surface area is 189 Å². The Morgan fingerprint density at radius 1 is 1.09 bits per heavy atom. The number of methoxy groups -OCH3 is 2. The SMILES string of the molecule is COc1ccc(NC(=O)NCc2ccc(OC3CCN(CC4CC4)CC3)nc2)c(OC)c1. The molecule has 1 aromatic heterocycles. The summed E-state index contributed by atoms with van der Waals surface area (Å²) < 4.78 is 16.5. The maximum atomic E-state index is 12.3. The zero-order valence-corrected chi connectivity index (χ0v) is 18.8. The molecule has 0 atom stereocenters. The summed E-state index contributed by atoms with van der Waals surface area (Å²) in [6, 6.07) is 8.69. The zero-order chi connectivity index (χ0) is 22.3. The number of piperidine rings is 1. The molecule has 4 rings (SSSR count). The first-order chi connectivity index (χ1) is 15.6. The molecule has 0 unspecified atom stereocenters. The van der Waals surface area contributed by atoms with Crippen LogP contribution in [0.1, 0.15) is 31.2 Å². The molecule has 0 radical (unpaired) electrons. The van der Waals surface area contributed by atoms with Crippen LogP contribution in [0.3, 0.4) is 0 Å². The molecular formula is C24H32N4O4. The number of likely N-dealkylation sites (tertiary alicyclic amines) is 1. The van der Waals surface area contributed by atoms with Crippen LogP contribution in [0.5, 0.6) is 17.4 Å². The Morgan fingerprint density at radius 2 is 1.91 bits per heavy atom. The van der Waals surface area contributed by atoms with E-state index in [1.807, 2.05) is 12.1 Å². The second-order valence-corrected chi connectivity index (χ2v) is 8.44. The van der Waals surface area contributed by atoms with Crippen molar-refractivity contribution in [3.05, 3.63) is 42.1 Å². The summed E-state index contributed by atoms with van der Waals surface area (Å²) in [4.78, 5) is 19.3. The molecule has 1 aliphatic carbocycles. The number of aromatic nitrogens is 1. The molecule has 1 aromatic carbocycles. The Balaban J connectivity index is 1.20. The number of carbonyl (C=O) groups excluding carboxylic acids is 1. The average Bonchev–Trinajstić information content (AvgIpc) is 3.64. The number of hydrogen-bond donors (Lipinski definition) is 2. The summed E-state index contributed by atoms with van der Waals surface area (Å²) in [5.41, 5.74) is 1.46. The van der Waals surface area contributed by atoms with Gasteiger partial charge in [0.05, 0.1) is 19.9 Å². The summed E-state index contributed by atoms with van der Waals surface area (Å²) in [5.74, 6) is 2.77. The molecule has 1 saturated carbocycles. The quantitative estimate of drug-likeness (QED) is 0.619. The van der Waals surface area contributed by atoms with Crippen LogP contribution in [0.2, 0.25) is 0 Å². The lowest BCUT2D eigenvalue weighted by Gasteiger charge is -2.31. The van der Waals surface area contributed by atoms with Crippen LogP contribution in [-0.4, -0.2) is 55.9 Å². The molecule has 1 aliphatic heterocycles. The first kappa shape index (κ1) is 22.2. The summed E-state index contributed by atoms with van der Waals surface area (Å²) in [6.07, 6.45) is 6.87. The Morgan fingerprint density at radius 3 is 2.56 bits per heavy atom. The molecule has 2 aromatic rings. The normalized spacial score (nSPS) is 16.9. The number of ether oxygens (including phenoxy) is 3. The third-order valence-electron chi connectivity index (χ3n) is 5.94. The fraction of sp³-hybridized carbons (Fsp3) is 0.500. The van der Waals surface area contributed by atoms with Gasteiger partial charge in [-0.15, -0.1) is 0 Å². The van der Waals surface area contributed by atoms with Crippen molar-refractivity contribution in [3.8, 4) is 17.4 Å². The number of urea groups is 1. The molecule has 32 heavy (non-hydrogen) atoms. The van der Waals surface area contributed by atoms with Gasteiger partial charge in [-0.3, -0.25) is 0 Å². The van der Waals surface area contributed by atoms with E-state index in [2.05, 4.69) is 20.5 Å². The lowest BCUT2D eigenvalue weighted by molar-refractivity contribution is 0.0944. The number of rotatable bonds is 9. The molecular weight excluding hydrogens is 408 g/mol. The highest BCUT2D eigenvalue weighted by Gasteiger charge is 2.27. The Bertz CT molecular complexity index is 893. The van der Waals surface area contributed by atoms with E-state index in [-0.39, 0.29) is 12.1 Å². The molecule has 2 heterocycles. The minimum absolute atomic E-state index is 0.229. The van der Waals surface area contributed by atoms with Gasteiger partial charge in [0.1, 0.15) is 17.6 Å². The van der Waals surface area contributed by atoms with Gasteiger partial charge in [-0.1, -0.05) is 6.07 Å². The minimum Gasteiger partial charge on any atom is -0.497 e. The number of benzene rings is 1. The van der Waals surface area contributed by atoms with Crippen molar-refractivity contribution >= 4 is 11.7 Å². The molecule has 172 valence electrons. The van der Waals surface area contributed by atoms with E-state index >= 15 is 0 Å². The number of hydrogen-bond acceptors (Lipinski definition) is 6. The lowest BCUT2D eigenvalue weighted by Crippen LogP contribution is -2.39. The van der Waals surface area contributed by atoms with E-state index in [1.54, 1.807) is 38.6 Å². The van der Waals surface area contributed by atoms with Crippen LogP contribution >= 0.6 is 0 Å². The predicted molar refractivity (Wildman–Crippen MR) is 122 cm³/mol. The highest BCUT2D eigenvalue weighted by Crippen LogP contribution is 2.31. The smallest absolute Gasteiger partial charge is 0.319 e. The molecule has 2 aliphatic rings. The van der Waals surface area contributed by atoms with Crippen molar-refractivity contribution in [2.45, 2.75) is 38.3 Å². The lowest BCUT2D eigenvalue weighted by atomic mass is 10.1. The second kappa shape index (κ2) is 10.5. The number of nitrogens with zero attached hydrogens (tertiary/aromatic N) is 2. The standard InChI is InChI=1S/C24H32N4O4/c1-30-20-6-7-21(22(13-20)31-2)27-24(29)26-15-18-5-8-23(25-14-18)32-19-9-11-28(12-10-19)16-17-3-4-17/h5-8,13-14,17,19H,3-4,9-12,15-16H2,1-2H3,(H2,26,27,29). The maximum absolute atomic E-state index is 12.3. The largest absolute Gasteiger partial charge is 0.497 e. The Kier molecular flexibility index (Phi) is 7.32. The molecule has 0 bridgehead atoms. The van der Waals surface area contributed by atoms with Crippen LogP contribution < -0.4 is 24.8 Å². The number of pyridine rings is 1. The molecule has 0 spiro atoms. The fourth-order valence-corrected chi connectivity index (χ4v) is 3.88. The summed E-state index contributed by atoms with van der Waals surface area (Å²) >= 11 is 0. The highest BCUT2D eigenvalue weighted by molar-refractivity contribution is 5.91. The minimum atomic E-state index is -0.327. The molecule has 2 N–H and O–H groups in total. The van der Waals surface area contributed by atoms with Gasteiger partial charge < -0.3 is 29.7 Å². The topological polar surface area (TPSA) is 85.0 Å². The van der Waals surface area contributed by atoms with Crippen molar-refractivity contribution in [3.63, 3.8) is 0 Å². The summed E-state index contributed by atoms with van der Waals surface area (Å²) in [7, 11) is 3.13. The van der Waals surface area contributed by atoms with Gasteiger partial charge in [-0.25, -0.2) is 9.78 Å².